The zero-order valence-electron chi connectivity index (χ0n) is 20.4. The smallest absolute Gasteiger partial charge is 0.317 e. The maximum atomic E-state index is 12.7. The summed E-state index contributed by atoms with van der Waals surface area (Å²) in [5, 5.41) is 8.92. The van der Waals surface area contributed by atoms with Crippen LogP contribution in [0, 0.1) is 6.92 Å². The van der Waals surface area contributed by atoms with E-state index in [-0.39, 0.29) is 11.6 Å². The molecule has 1 N–H and O–H groups in total. The van der Waals surface area contributed by atoms with Gasteiger partial charge in [0.25, 0.3) is 0 Å². The van der Waals surface area contributed by atoms with Crippen LogP contribution in [0.2, 0.25) is 0 Å². The zero-order chi connectivity index (χ0) is 23.6. The molecule has 0 bridgehead atoms. The number of nitrogens with one attached hydrogen (secondary N) is 1. The van der Waals surface area contributed by atoms with Crippen molar-refractivity contribution in [3.63, 3.8) is 0 Å². The third kappa shape index (κ3) is 5.10. The lowest BCUT2D eigenvalue weighted by molar-refractivity contribution is 0.192. The molecule has 3 heterocycles. The van der Waals surface area contributed by atoms with Gasteiger partial charge in [-0.2, -0.15) is 5.10 Å². The van der Waals surface area contributed by atoms with Crippen molar-refractivity contribution >= 4 is 22.9 Å². The predicted octanol–water partition coefficient (Wildman–Crippen LogP) is 4.10. The van der Waals surface area contributed by atoms with Gasteiger partial charge in [-0.1, -0.05) is 25.1 Å². The number of anilines is 1. The van der Waals surface area contributed by atoms with Gasteiger partial charge in [-0.05, 0) is 52.7 Å². The first-order valence-electron chi connectivity index (χ1n) is 11.9. The number of amides is 2. The molecule has 4 rings (SSSR count). The molecule has 1 aliphatic heterocycles. The number of hydrogen-bond acceptors (Lipinski definition) is 5. The molecule has 2 amide bonds. The maximum absolute atomic E-state index is 12.7. The minimum atomic E-state index is -0.250. The third-order valence-corrected chi connectivity index (χ3v) is 5.77. The molecule has 0 unspecified atom stereocenters. The van der Waals surface area contributed by atoms with Crippen LogP contribution in [-0.4, -0.2) is 62.4 Å². The van der Waals surface area contributed by atoms with Crippen molar-refractivity contribution in [1.82, 2.24) is 30.0 Å². The van der Waals surface area contributed by atoms with E-state index in [2.05, 4.69) is 17.1 Å². The fraction of sp³-hybridized carbons (Fsp3) is 0.520. The predicted molar refractivity (Wildman–Crippen MR) is 132 cm³/mol. The molecular weight excluding hydrogens is 414 g/mol. The minimum absolute atomic E-state index is 0.00284. The average molecular weight is 450 g/mol. The van der Waals surface area contributed by atoms with Crippen LogP contribution < -0.4 is 10.2 Å². The van der Waals surface area contributed by atoms with E-state index in [4.69, 9.17) is 15.1 Å². The number of urea groups is 1. The Morgan fingerprint density at radius 3 is 2.52 bits per heavy atom. The Kier molecular flexibility index (Phi) is 6.54. The molecule has 3 aromatic rings. The van der Waals surface area contributed by atoms with E-state index in [1.165, 1.54) is 0 Å². The standard InChI is InChI=1S/C25H35N7O/c1-6-11-20-26-22(30-14-10-15-31(17-16-30)24(33)28-25(3,4)5)21-18(2)29-32(23(21)27-20)19-12-8-7-9-13-19/h7-9,12-13H,6,10-11,14-17H2,1-5H3,(H,28,33). The Labute approximate surface area is 196 Å². The Hall–Kier alpha value is -3.16. The molecule has 1 aromatic carbocycles. The van der Waals surface area contributed by atoms with Crippen LogP contribution in [0.25, 0.3) is 16.7 Å². The van der Waals surface area contributed by atoms with Crippen molar-refractivity contribution in [1.29, 1.82) is 0 Å². The van der Waals surface area contributed by atoms with Crippen molar-refractivity contribution < 1.29 is 4.79 Å². The summed E-state index contributed by atoms with van der Waals surface area (Å²) in [5.74, 6) is 1.77. The summed E-state index contributed by atoms with van der Waals surface area (Å²) in [6, 6.07) is 10.1. The third-order valence-electron chi connectivity index (χ3n) is 5.77. The van der Waals surface area contributed by atoms with Crippen LogP contribution in [0.1, 0.15) is 52.1 Å². The van der Waals surface area contributed by atoms with E-state index in [1.54, 1.807) is 0 Å². The van der Waals surface area contributed by atoms with Gasteiger partial charge in [-0.3, -0.25) is 0 Å². The van der Waals surface area contributed by atoms with Crippen molar-refractivity contribution in [2.24, 2.45) is 0 Å². The zero-order valence-corrected chi connectivity index (χ0v) is 20.4. The number of benzene rings is 1. The van der Waals surface area contributed by atoms with Crippen LogP contribution in [0.15, 0.2) is 30.3 Å². The second kappa shape index (κ2) is 9.37. The molecule has 8 nitrogen and oxygen atoms in total. The topological polar surface area (TPSA) is 79.2 Å². The molecule has 0 aliphatic carbocycles. The fourth-order valence-electron chi connectivity index (χ4n) is 4.25. The van der Waals surface area contributed by atoms with Crippen LogP contribution >= 0.6 is 0 Å². The number of hydrogen-bond donors (Lipinski definition) is 1. The molecule has 0 radical (unpaired) electrons. The Morgan fingerprint density at radius 2 is 1.82 bits per heavy atom. The summed E-state index contributed by atoms with van der Waals surface area (Å²) < 4.78 is 1.93. The van der Waals surface area contributed by atoms with Gasteiger partial charge in [0, 0.05) is 38.1 Å². The number of carbonyl (C=O) groups excluding carboxylic acids is 1. The molecule has 1 aliphatic rings. The lowest BCUT2D eigenvalue weighted by Gasteiger charge is -2.28. The van der Waals surface area contributed by atoms with Gasteiger partial charge >= 0.3 is 6.03 Å². The number of fused-ring (bicyclic) bond motifs is 1. The minimum Gasteiger partial charge on any atom is -0.354 e. The van der Waals surface area contributed by atoms with E-state index in [0.29, 0.717) is 6.54 Å². The van der Waals surface area contributed by atoms with Crippen molar-refractivity contribution in [3.8, 4) is 5.69 Å². The Bertz CT molecular complexity index is 1120. The molecule has 1 fully saturated rings. The van der Waals surface area contributed by atoms with Crippen LogP contribution in [0.3, 0.4) is 0 Å². The van der Waals surface area contributed by atoms with Gasteiger partial charge in [0.05, 0.1) is 16.8 Å². The summed E-state index contributed by atoms with van der Waals surface area (Å²) in [7, 11) is 0. The van der Waals surface area contributed by atoms with Gasteiger partial charge in [0.1, 0.15) is 11.6 Å². The van der Waals surface area contributed by atoms with Gasteiger partial charge in [-0.15, -0.1) is 0 Å². The van der Waals surface area contributed by atoms with Crippen molar-refractivity contribution in [2.75, 3.05) is 31.1 Å². The Balaban J connectivity index is 1.70. The van der Waals surface area contributed by atoms with E-state index in [9.17, 15) is 4.79 Å². The number of carbonyl (C=O) groups is 1. The fourth-order valence-corrected chi connectivity index (χ4v) is 4.25. The van der Waals surface area contributed by atoms with Crippen LogP contribution in [-0.2, 0) is 6.42 Å². The highest BCUT2D eigenvalue weighted by atomic mass is 16.2. The van der Waals surface area contributed by atoms with Crippen molar-refractivity contribution in [3.05, 3.63) is 41.9 Å². The quantitative estimate of drug-likeness (QED) is 0.649. The molecule has 1 saturated heterocycles. The summed E-state index contributed by atoms with van der Waals surface area (Å²) in [4.78, 5) is 26.9. The second-order valence-corrected chi connectivity index (χ2v) is 9.75. The number of aromatic nitrogens is 4. The summed E-state index contributed by atoms with van der Waals surface area (Å²) in [6.07, 6.45) is 2.68. The van der Waals surface area contributed by atoms with Crippen molar-refractivity contribution in [2.45, 2.75) is 59.4 Å². The summed E-state index contributed by atoms with van der Waals surface area (Å²) in [5.41, 5.74) is 2.50. The molecule has 8 heteroatoms. The second-order valence-electron chi connectivity index (χ2n) is 9.75. The number of para-hydroxylation sites is 1. The first kappa shape index (κ1) is 23.0. The number of rotatable bonds is 4. The van der Waals surface area contributed by atoms with E-state index < -0.39 is 0 Å². The highest BCUT2D eigenvalue weighted by molar-refractivity contribution is 5.91. The Morgan fingerprint density at radius 1 is 1.06 bits per heavy atom. The highest BCUT2D eigenvalue weighted by Crippen LogP contribution is 2.30. The van der Waals surface area contributed by atoms with Gasteiger partial charge in [-0.25, -0.2) is 19.4 Å². The number of aryl methyl sites for hydroxylation is 2. The van der Waals surface area contributed by atoms with Crippen LogP contribution in [0.4, 0.5) is 10.6 Å². The summed E-state index contributed by atoms with van der Waals surface area (Å²) >= 11 is 0. The van der Waals surface area contributed by atoms with Crippen LogP contribution in [0.5, 0.6) is 0 Å². The molecule has 176 valence electrons. The van der Waals surface area contributed by atoms with Gasteiger partial charge in [0.15, 0.2) is 5.65 Å². The first-order valence-corrected chi connectivity index (χ1v) is 11.9. The normalized spacial score (nSPS) is 15.1. The lowest BCUT2D eigenvalue weighted by atomic mass is 10.1. The van der Waals surface area contributed by atoms with Gasteiger partial charge in [0.2, 0.25) is 0 Å². The maximum Gasteiger partial charge on any atom is 0.317 e. The van der Waals surface area contributed by atoms with E-state index >= 15 is 0 Å². The molecule has 2 aromatic heterocycles. The molecule has 33 heavy (non-hydrogen) atoms. The van der Waals surface area contributed by atoms with E-state index in [1.807, 2.05) is 67.6 Å². The highest BCUT2D eigenvalue weighted by Gasteiger charge is 2.26. The monoisotopic (exact) mass is 449 g/mol. The largest absolute Gasteiger partial charge is 0.354 e. The molecular formula is C25H35N7O. The van der Waals surface area contributed by atoms with E-state index in [0.717, 1.165) is 73.0 Å². The average Bonchev–Trinajstić information content (AvgIpc) is 2.94. The molecule has 0 atom stereocenters. The summed E-state index contributed by atoms with van der Waals surface area (Å²) in [6.45, 7) is 13.1. The molecule has 0 saturated carbocycles. The first-order chi connectivity index (χ1) is 15.8. The van der Waals surface area contributed by atoms with Gasteiger partial charge < -0.3 is 15.1 Å². The number of nitrogens with zero attached hydrogens (tertiary/aromatic N) is 6. The lowest BCUT2D eigenvalue weighted by Crippen LogP contribution is -2.49. The molecule has 0 spiro atoms. The SMILES string of the molecule is CCCc1nc(N2CCCN(C(=O)NC(C)(C)C)CC2)c2c(C)nn(-c3ccccc3)c2n1.